The van der Waals surface area contributed by atoms with Gasteiger partial charge in [-0.2, -0.15) is 0 Å². The molecule has 7 nitrogen and oxygen atoms in total. The molecular weight excluding hydrogens is 332 g/mol. The van der Waals surface area contributed by atoms with E-state index >= 15 is 0 Å². The zero-order valence-electron chi connectivity index (χ0n) is 15.3. The first-order valence-corrected chi connectivity index (χ1v) is 9.75. The monoisotopic (exact) mass is 360 g/mol. The van der Waals surface area contributed by atoms with E-state index in [1.54, 1.807) is 7.05 Å². The van der Waals surface area contributed by atoms with Crippen LogP contribution in [-0.2, 0) is 14.3 Å². The molecule has 0 radical (unpaired) electrons. The van der Waals surface area contributed by atoms with Crippen LogP contribution in [0.2, 0.25) is 0 Å². The fourth-order valence-electron chi connectivity index (χ4n) is 4.88. The fraction of sp³-hybridized carbons (Fsp3) is 0.737. The number of rotatable bonds is 5. The van der Waals surface area contributed by atoms with Crippen molar-refractivity contribution in [2.75, 3.05) is 39.9 Å². The van der Waals surface area contributed by atoms with Crippen molar-refractivity contribution in [3.8, 4) is 0 Å². The second-order valence-electron chi connectivity index (χ2n) is 7.76. The van der Waals surface area contributed by atoms with E-state index in [1.807, 2.05) is 0 Å². The van der Waals surface area contributed by atoms with E-state index in [4.69, 9.17) is 4.74 Å². The zero-order chi connectivity index (χ0) is 18.1. The lowest BCUT2D eigenvalue weighted by Gasteiger charge is -2.23. The average Bonchev–Trinajstić information content (AvgIpc) is 3.34. The van der Waals surface area contributed by atoms with Crippen molar-refractivity contribution in [1.29, 1.82) is 0 Å². The maximum absolute atomic E-state index is 12.7. The minimum atomic E-state index is -0.108. The van der Waals surface area contributed by atoms with Crippen molar-refractivity contribution < 1.29 is 14.3 Å². The number of guanidine groups is 1. The molecule has 3 fully saturated rings. The summed E-state index contributed by atoms with van der Waals surface area (Å²) in [5, 5.41) is 6.56. The Labute approximate surface area is 154 Å². The van der Waals surface area contributed by atoms with Crippen LogP contribution in [0.5, 0.6) is 0 Å². The molecule has 142 valence electrons. The highest BCUT2D eigenvalue weighted by molar-refractivity contribution is 6.06. The van der Waals surface area contributed by atoms with Crippen LogP contribution in [-0.4, -0.2) is 62.6 Å². The Morgan fingerprint density at radius 3 is 2.42 bits per heavy atom. The maximum Gasteiger partial charge on any atom is 0.233 e. The first kappa shape index (κ1) is 17.5. The Kier molecular flexibility index (Phi) is 4.98. The SMILES string of the molecule is CN=C(NCCN1C(=O)C2C3C=CC(C3)C2C1=O)NCC1CCOCC1. The number of carbonyl (C=O) groups excluding carboxylic acids is 2. The number of aliphatic imine (C=N–C) groups is 1. The molecule has 2 amide bonds. The Balaban J connectivity index is 1.24. The van der Waals surface area contributed by atoms with Crippen LogP contribution in [0.25, 0.3) is 0 Å². The van der Waals surface area contributed by atoms with E-state index in [9.17, 15) is 9.59 Å². The molecule has 0 spiro atoms. The smallest absolute Gasteiger partial charge is 0.233 e. The van der Waals surface area contributed by atoms with E-state index < -0.39 is 0 Å². The molecule has 26 heavy (non-hydrogen) atoms. The van der Waals surface area contributed by atoms with E-state index in [0.29, 0.717) is 19.0 Å². The Bertz CT molecular complexity index is 596. The van der Waals surface area contributed by atoms with Gasteiger partial charge in [0.05, 0.1) is 11.8 Å². The summed E-state index contributed by atoms with van der Waals surface area (Å²) in [6.07, 6.45) is 7.36. The van der Waals surface area contributed by atoms with Crippen molar-refractivity contribution in [1.82, 2.24) is 15.5 Å². The highest BCUT2D eigenvalue weighted by Crippen LogP contribution is 2.52. The zero-order valence-corrected chi connectivity index (χ0v) is 15.3. The second-order valence-corrected chi connectivity index (χ2v) is 7.76. The number of fused-ring (bicyclic) bond motifs is 5. The number of nitrogens with zero attached hydrogens (tertiary/aromatic N) is 2. The van der Waals surface area contributed by atoms with Crippen molar-refractivity contribution in [2.45, 2.75) is 19.3 Å². The van der Waals surface area contributed by atoms with Gasteiger partial charge in [-0.3, -0.25) is 19.5 Å². The first-order valence-electron chi connectivity index (χ1n) is 9.75. The third-order valence-electron chi connectivity index (χ3n) is 6.31. The van der Waals surface area contributed by atoms with E-state index in [2.05, 4.69) is 27.8 Å². The van der Waals surface area contributed by atoms with Crippen molar-refractivity contribution in [3.05, 3.63) is 12.2 Å². The summed E-state index contributed by atoms with van der Waals surface area (Å²) >= 11 is 0. The fourth-order valence-corrected chi connectivity index (χ4v) is 4.88. The van der Waals surface area contributed by atoms with Crippen molar-refractivity contribution in [2.24, 2.45) is 34.6 Å². The molecule has 4 atom stereocenters. The van der Waals surface area contributed by atoms with Gasteiger partial charge in [-0.1, -0.05) is 12.2 Å². The molecule has 2 aliphatic carbocycles. The summed E-state index contributed by atoms with van der Waals surface area (Å²) in [6.45, 7) is 3.45. The van der Waals surface area contributed by atoms with Crippen LogP contribution in [0.15, 0.2) is 17.1 Å². The van der Waals surface area contributed by atoms with Gasteiger partial charge >= 0.3 is 0 Å². The minimum Gasteiger partial charge on any atom is -0.381 e. The number of carbonyl (C=O) groups is 2. The number of allylic oxidation sites excluding steroid dienone is 2. The highest BCUT2D eigenvalue weighted by atomic mass is 16.5. The molecule has 2 heterocycles. The summed E-state index contributed by atoms with van der Waals surface area (Å²) in [5.74, 6) is 1.69. The molecule has 4 aliphatic rings. The number of hydrogen-bond donors (Lipinski definition) is 2. The topological polar surface area (TPSA) is 83.0 Å². The highest BCUT2D eigenvalue weighted by Gasteiger charge is 2.58. The van der Waals surface area contributed by atoms with Gasteiger partial charge in [-0.25, -0.2) is 0 Å². The number of likely N-dealkylation sites (tertiary alicyclic amines) is 1. The molecule has 4 rings (SSSR count). The van der Waals surface area contributed by atoms with E-state index in [-0.39, 0.29) is 35.5 Å². The van der Waals surface area contributed by atoms with E-state index in [0.717, 1.165) is 45.0 Å². The van der Waals surface area contributed by atoms with Gasteiger partial charge in [0, 0.05) is 39.9 Å². The molecule has 2 N–H and O–H groups in total. The third kappa shape index (κ3) is 3.13. The standard InChI is InChI=1S/C19H28N4O3/c1-20-19(22-11-12-4-8-26-9-5-12)21-6-7-23-17(24)15-13-2-3-14(10-13)16(15)18(23)25/h2-3,12-16H,4-11H2,1H3,(H2,20,21,22). The summed E-state index contributed by atoms with van der Waals surface area (Å²) in [5.41, 5.74) is 0. The quantitative estimate of drug-likeness (QED) is 0.321. The van der Waals surface area contributed by atoms with Crippen molar-refractivity contribution in [3.63, 3.8) is 0 Å². The normalized spacial score (nSPS) is 33.9. The summed E-state index contributed by atoms with van der Waals surface area (Å²) < 4.78 is 5.38. The molecule has 1 saturated carbocycles. The van der Waals surface area contributed by atoms with E-state index in [1.165, 1.54) is 4.90 Å². The maximum atomic E-state index is 12.7. The molecular formula is C19H28N4O3. The minimum absolute atomic E-state index is 0.0174. The van der Waals surface area contributed by atoms with Gasteiger partial charge in [0.2, 0.25) is 11.8 Å². The molecule has 4 unspecified atom stereocenters. The van der Waals surface area contributed by atoms with Crippen LogP contribution in [0.1, 0.15) is 19.3 Å². The average molecular weight is 360 g/mol. The van der Waals surface area contributed by atoms with Gasteiger partial charge in [-0.15, -0.1) is 0 Å². The van der Waals surface area contributed by atoms with Crippen LogP contribution in [0.4, 0.5) is 0 Å². The lowest BCUT2D eigenvalue weighted by atomic mass is 9.85. The number of hydrogen-bond acceptors (Lipinski definition) is 4. The van der Waals surface area contributed by atoms with Gasteiger partial charge in [0.25, 0.3) is 0 Å². The lowest BCUT2D eigenvalue weighted by Crippen LogP contribution is -2.45. The van der Waals surface area contributed by atoms with Crippen LogP contribution >= 0.6 is 0 Å². The largest absolute Gasteiger partial charge is 0.381 e. The van der Waals surface area contributed by atoms with Crippen molar-refractivity contribution >= 4 is 17.8 Å². The molecule has 2 bridgehead atoms. The molecule has 0 aromatic rings. The number of amides is 2. The third-order valence-corrected chi connectivity index (χ3v) is 6.31. The Morgan fingerprint density at radius 1 is 1.15 bits per heavy atom. The predicted molar refractivity (Wildman–Crippen MR) is 97.3 cm³/mol. The Morgan fingerprint density at radius 2 is 1.81 bits per heavy atom. The first-order chi connectivity index (χ1) is 12.7. The van der Waals surface area contributed by atoms with Gasteiger partial charge in [-0.05, 0) is 37.0 Å². The summed E-state index contributed by atoms with van der Waals surface area (Å²) in [4.78, 5) is 31.0. The van der Waals surface area contributed by atoms with Gasteiger partial charge in [0.1, 0.15) is 0 Å². The van der Waals surface area contributed by atoms with Gasteiger partial charge in [0.15, 0.2) is 5.96 Å². The van der Waals surface area contributed by atoms with Crippen LogP contribution in [0.3, 0.4) is 0 Å². The van der Waals surface area contributed by atoms with Crippen LogP contribution in [0, 0.1) is 29.6 Å². The molecule has 0 aromatic carbocycles. The summed E-state index contributed by atoms with van der Waals surface area (Å²) in [7, 11) is 1.74. The Hall–Kier alpha value is -1.89. The predicted octanol–water partition coefficient (Wildman–Crippen LogP) is 0.385. The van der Waals surface area contributed by atoms with Gasteiger partial charge < -0.3 is 15.4 Å². The number of ether oxygens (including phenoxy) is 1. The number of imide groups is 1. The van der Waals surface area contributed by atoms with Crippen LogP contribution < -0.4 is 10.6 Å². The molecule has 7 heteroatoms. The number of nitrogens with one attached hydrogen (secondary N) is 2. The molecule has 2 aliphatic heterocycles. The molecule has 2 saturated heterocycles. The second kappa shape index (κ2) is 7.39. The lowest BCUT2D eigenvalue weighted by molar-refractivity contribution is -0.140. The summed E-state index contributed by atoms with van der Waals surface area (Å²) in [6, 6.07) is 0. The molecule has 0 aromatic heterocycles.